The molecule has 0 unspecified atom stereocenters. The normalized spacial score (nSPS) is 17.0. The first kappa shape index (κ1) is 9.63. The molecular formula is C13H12O3. The third-order valence-corrected chi connectivity index (χ3v) is 2.81. The highest BCUT2D eigenvalue weighted by molar-refractivity contribution is 5.89. The minimum absolute atomic E-state index is 0.255. The van der Waals surface area contributed by atoms with Crippen molar-refractivity contribution in [2.24, 2.45) is 0 Å². The van der Waals surface area contributed by atoms with Crippen molar-refractivity contribution < 1.29 is 14.6 Å². The molecule has 0 radical (unpaired) electrons. The number of hydrogen-bond donors (Lipinski definition) is 1. The largest absolute Gasteiger partial charge is 0.507 e. The monoisotopic (exact) mass is 216 g/mol. The van der Waals surface area contributed by atoms with E-state index in [9.17, 15) is 5.11 Å². The fourth-order valence-corrected chi connectivity index (χ4v) is 2.00. The zero-order valence-electron chi connectivity index (χ0n) is 8.72. The fourth-order valence-electron chi connectivity index (χ4n) is 2.00. The summed E-state index contributed by atoms with van der Waals surface area (Å²) in [6.45, 7) is 1.16. The Balaban J connectivity index is 2.15. The zero-order valence-corrected chi connectivity index (χ0v) is 8.72. The summed E-state index contributed by atoms with van der Waals surface area (Å²) in [6.07, 6.45) is -0.426. The van der Waals surface area contributed by atoms with E-state index in [4.69, 9.17) is 9.47 Å². The molecule has 0 saturated carbocycles. The second-order valence-electron chi connectivity index (χ2n) is 3.80. The molecule has 3 nitrogen and oxygen atoms in total. The van der Waals surface area contributed by atoms with Gasteiger partial charge in [-0.25, -0.2) is 0 Å². The van der Waals surface area contributed by atoms with Crippen molar-refractivity contribution in [1.29, 1.82) is 0 Å². The number of phenolic OH excluding ortho intramolecular Hbond substituents is 1. The molecule has 1 saturated heterocycles. The Morgan fingerprint density at radius 2 is 1.75 bits per heavy atom. The van der Waals surface area contributed by atoms with E-state index in [1.54, 1.807) is 0 Å². The van der Waals surface area contributed by atoms with Crippen LogP contribution in [0, 0.1) is 0 Å². The molecule has 1 N–H and O–H groups in total. The van der Waals surface area contributed by atoms with E-state index < -0.39 is 6.29 Å². The maximum Gasteiger partial charge on any atom is 0.187 e. The highest BCUT2D eigenvalue weighted by Gasteiger charge is 2.22. The van der Waals surface area contributed by atoms with E-state index >= 15 is 0 Å². The van der Waals surface area contributed by atoms with Crippen LogP contribution >= 0.6 is 0 Å². The molecule has 2 aromatic carbocycles. The number of benzene rings is 2. The molecule has 3 heteroatoms. The van der Waals surface area contributed by atoms with Gasteiger partial charge in [-0.05, 0) is 11.5 Å². The molecular weight excluding hydrogens is 204 g/mol. The van der Waals surface area contributed by atoms with E-state index in [0.717, 1.165) is 10.8 Å². The van der Waals surface area contributed by atoms with Gasteiger partial charge in [0.15, 0.2) is 6.29 Å². The summed E-state index contributed by atoms with van der Waals surface area (Å²) in [7, 11) is 0. The lowest BCUT2D eigenvalue weighted by Gasteiger charge is -2.12. The SMILES string of the molecule is Oc1c(C2OCCO2)ccc2ccccc12. The van der Waals surface area contributed by atoms with Crippen LogP contribution in [0.1, 0.15) is 11.9 Å². The Labute approximate surface area is 93.2 Å². The summed E-state index contributed by atoms with van der Waals surface area (Å²) < 4.78 is 10.8. The average Bonchev–Trinajstić information content (AvgIpc) is 2.83. The van der Waals surface area contributed by atoms with Gasteiger partial charge in [0.05, 0.1) is 18.8 Å². The van der Waals surface area contributed by atoms with Crippen molar-refractivity contribution in [1.82, 2.24) is 0 Å². The van der Waals surface area contributed by atoms with E-state index in [1.165, 1.54) is 0 Å². The summed E-state index contributed by atoms with van der Waals surface area (Å²) in [5, 5.41) is 12.0. The molecule has 0 aliphatic carbocycles. The first-order valence-electron chi connectivity index (χ1n) is 5.30. The molecule has 1 aliphatic heterocycles. The van der Waals surface area contributed by atoms with Crippen LogP contribution in [0.5, 0.6) is 5.75 Å². The number of phenols is 1. The van der Waals surface area contributed by atoms with Crippen LogP contribution in [0.2, 0.25) is 0 Å². The van der Waals surface area contributed by atoms with E-state index in [-0.39, 0.29) is 5.75 Å². The number of ether oxygens (including phenoxy) is 2. The predicted molar refractivity (Wildman–Crippen MR) is 60.3 cm³/mol. The van der Waals surface area contributed by atoms with Crippen molar-refractivity contribution in [3.8, 4) is 5.75 Å². The minimum Gasteiger partial charge on any atom is -0.507 e. The van der Waals surface area contributed by atoms with Gasteiger partial charge in [0, 0.05) is 5.39 Å². The highest BCUT2D eigenvalue weighted by atomic mass is 16.7. The molecule has 1 aliphatic rings. The van der Waals surface area contributed by atoms with Crippen LogP contribution < -0.4 is 0 Å². The van der Waals surface area contributed by atoms with Gasteiger partial charge in [0.25, 0.3) is 0 Å². The Hall–Kier alpha value is -1.58. The van der Waals surface area contributed by atoms with Crippen LogP contribution in [-0.4, -0.2) is 18.3 Å². The standard InChI is InChI=1S/C13H12O3/c14-12-10-4-2-1-3-9(10)5-6-11(12)13-15-7-8-16-13/h1-6,13-14H,7-8H2. The zero-order chi connectivity index (χ0) is 11.0. The van der Waals surface area contributed by atoms with Crippen LogP contribution in [-0.2, 0) is 9.47 Å². The van der Waals surface area contributed by atoms with Gasteiger partial charge < -0.3 is 14.6 Å². The molecule has 16 heavy (non-hydrogen) atoms. The van der Waals surface area contributed by atoms with Crippen LogP contribution in [0.25, 0.3) is 10.8 Å². The van der Waals surface area contributed by atoms with E-state index in [1.807, 2.05) is 36.4 Å². The Morgan fingerprint density at radius 1 is 1.00 bits per heavy atom. The lowest BCUT2D eigenvalue weighted by Crippen LogP contribution is -1.98. The number of aromatic hydroxyl groups is 1. The second kappa shape index (κ2) is 3.77. The van der Waals surface area contributed by atoms with Gasteiger partial charge in [0.1, 0.15) is 5.75 Å². The molecule has 2 aromatic rings. The minimum atomic E-state index is -0.426. The van der Waals surface area contributed by atoms with Crippen LogP contribution in [0.15, 0.2) is 36.4 Å². The van der Waals surface area contributed by atoms with Gasteiger partial charge >= 0.3 is 0 Å². The van der Waals surface area contributed by atoms with Crippen molar-refractivity contribution in [3.05, 3.63) is 42.0 Å². The van der Waals surface area contributed by atoms with Gasteiger partial charge in [-0.3, -0.25) is 0 Å². The smallest absolute Gasteiger partial charge is 0.187 e. The first-order valence-corrected chi connectivity index (χ1v) is 5.30. The quantitative estimate of drug-likeness (QED) is 0.796. The van der Waals surface area contributed by atoms with Gasteiger partial charge in [-0.1, -0.05) is 30.3 Å². The summed E-state index contributed by atoms with van der Waals surface area (Å²) >= 11 is 0. The number of hydrogen-bond acceptors (Lipinski definition) is 3. The highest BCUT2D eigenvalue weighted by Crippen LogP contribution is 2.35. The molecule has 0 aromatic heterocycles. The number of fused-ring (bicyclic) bond motifs is 1. The Morgan fingerprint density at radius 3 is 2.56 bits per heavy atom. The molecule has 82 valence electrons. The number of rotatable bonds is 1. The van der Waals surface area contributed by atoms with Crippen molar-refractivity contribution in [3.63, 3.8) is 0 Å². The summed E-state index contributed by atoms with van der Waals surface area (Å²) in [4.78, 5) is 0. The molecule has 0 spiro atoms. The van der Waals surface area contributed by atoms with Crippen molar-refractivity contribution in [2.45, 2.75) is 6.29 Å². The van der Waals surface area contributed by atoms with Crippen molar-refractivity contribution in [2.75, 3.05) is 13.2 Å². The topological polar surface area (TPSA) is 38.7 Å². The van der Waals surface area contributed by atoms with Crippen LogP contribution in [0.4, 0.5) is 0 Å². The Bertz CT molecular complexity index is 516. The Kier molecular flexibility index (Phi) is 2.27. The summed E-state index contributed by atoms with van der Waals surface area (Å²) in [5.41, 5.74) is 0.705. The lowest BCUT2D eigenvalue weighted by atomic mass is 10.1. The third kappa shape index (κ3) is 1.45. The molecule has 0 bridgehead atoms. The molecule has 1 fully saturated rings. The maximum absolute atomic E-state index is 10.1. The summed E-state index contributed by atoms with van der Waals surface area (Å²) in [6, 6.07) is 11.5. The van der Waals surface area contributed by atoms with Gasteiger partial charge in [-0.15, -0.1) is 0 Å². The average molecular weight is 216 g/mol. The molecule has 1 heterocycles. The van der Waals surface area contributed by atoms with Gasteiger partial charge in [-0.2, -0.15) is 0 Å². The van der Waals surface area contributed by atoms with E-state index in [0.29, 0.717) is 18.8 Å². The molecule has 0 atom stereocenters. The lowest BCUT2D eigenvalue weighted by molar-refractivity contribution is -0.0453. The van der Waals surface area contributed by atoms with Gasteiger partial charge in [0.2, 0.25) is 0 Å². The third-order valence-electron chi connectivity index (χ3n) is 2.81. The predicted octanol–water partition coefficient (Wildman–Crippen LogP) is 2.59. The maximum atomic E-state index is 10.1. The van der Waals surface area contributed by atoms with Crippen molar-refractivity contribution >= 4 is 10.8 Å². The second-order valence-corrected chi connectivity index (χ2v) is 3.80. The van der Waals surface area contributed by atoms with Crippen LogP contribution in [0.3, 0.4) is 0 Å². The fraction of sp³-hybridized carbons (Fsp3) is 0.231. The molecule has 0 amide bonds. The van der Waals surface area contributed by atoms with E-state index in [2.05, 4.69) is 0 Å². The molecule has 3 rings (SSSR count). The summed E-state index contributed by atoms with van der Waals surface area (Å²) in [5.74, 6) is 0.255. The first-order chi connectivity index (χ1) is 7.86.